The Hall–Kier alpha value is -0.388. The summed E-state index contributed by atoms with van der Waals surface area (Å²) >= 11 is 0. The van der Waals surface area contributed by atoms with Gasteiger partial charge in [-0.25, -0.2) is 4.52 Å². The summed E-state index contributed by atoms with van der Waals surface area (Å²) in [7, 11) is -2.09. The van der Waals surface area contributed by atoms with E-state index in [1.807, 2.05) is 12.1 Å². The van der Waals surface area contributed by atoms with Crippen LogP contribution in [-0.2, 0) is 32.9 Å². The molecule has 0 heterocycles. The molecule has 0 aromatic heterocycles. The van der Waals surface area contributed by atoms with Crippen molar-refractivity contribution in [3.8, 4) is 5.75 Å². The van der Waals surface area contributed by atoms with Crippen LogP contribution in [0.15, 0.2) is 24.3 Å². The van der Waals surface area contributed by atoms with Crippen LogP contribution < -0.4 is 4.52 Å². The molecule has 0 aliphatic heterocycles. The molecular weight excluding hydrogens is 407 g/mol. The standard InChI is InChI=1S/C23H40O3P.Cr/c1-4-7-9-10-11-12-13-15-22-16-18-23(19-17-22)26-27(24)25-20-21(6-3)14-8-5-2;/h16-19,21H,4-15,20H2,1-3H3;/q+1;+3. The summed E-state index contributed by atoms with van der Waals surface area (Å²) in [6.07, 6.45) is 15.0. The Kier molecular flexibility index (Phi) is 18.4. The van der Waals surface area contributed by atoms with Gasteiger partial charge in [-0.2, -0.15) is 0 Å². The van der Waals surface area contributed by atoms with Crippen molar-refractivity contribution in [1.82, 2.24) is 0 Å². The Morgan fingerprint density at radius 1 is 0.857 bits per heavy atom. The number of hydrogen-bond acceptors (Lipinski definition) is 3. The predicted octanol–water partition coefficient (Wildman–Crippen LogP) is 8.25. The van der Waals surface area contributed by atoms with E-state index >= 15 is 0 Å². The first kappa shape index (κ1) is 27.6. The number of aryl methyl sites for hydroxylation is 1. The molecule has 28 heavy (non-hydrogen) atoms. The van der Waals surface area contributed by atoms with Crippen LogP contribution in [0.2, 0.25) is 0 Å². The molecule has 157 valence electrons. The van der Waals surface area contributed by atoms with E-state index in [-0.39, 0.29) is 17.4 Å². The minimum absolute atomic E-state index is 0. The molecule has 0 N–H and O–H groups in total. The second kappa shape index (κ2) is 18.6. The van der Waals surface area contributed by atoms with Gasteiger partial charge in [0, 0.05) is 4.57 Å². The average Bonchev–Trinajstić information content (AvgIpc) is 2.68. The molecule has 0 bridgehead atoms. The van der Waals surface area contributed by atoms with E-state index in [0.29, 0.717) is 18.3 Å². The van der Waals surface area contributed by atoms with Crippen LogP contribution in [0.25, 0.3) is 0 Å². The first-order valence-electron chi connectivity index (χ1n) is 11.1. The second-order valence-corrected chi connectivity index (χ2v) is 8.43. The number of rotatable bonds is 17. The molecular formula is C23H40CrO3P+4. The zero-order valence-corrected chi connectivity index (χ0v) is 20.3. The molecule has 2 atom stereocenters. The maximum absolute atomic E-state index is 12.0. The fourth-order valence-electron chi connectivity index (χ4n) is 3.18. The van der Waals surface area contributed by atoms with Gasteiger partial charge in [0.25, 0.3) is 0 Å². The van der Waals surface area contributed by atoms with Crippen molar-refractivity contribution in [2.24, 2.45) is 5.92 Å². The molecule has 1 rings (SSSR count). The van der Waals surface area contributed by atoms with Crippen molar-refractivity contribution in [1.29, 1.82) is 0 Å². The van der Waals surface area contributed by atoms with Crippen LogP contribution in [0.1, 0.15) is 97.0 Å². The minimum Gasteiger partial charge on any atom is -0.229 e. The molecule has 2 unspecified atom stereocenters. The van der Waals surface area contributed by atoms with Crippen LogP contribution in [0.3, 0.4) is 0 Å². The van der Waals surface area contributed by atoms with Gasteiger partial charge in [-0.3, -0.25) is 0 Å². The van der Waals surface area contributed by atoms with Crippen LogP contribution in [0.4, 0.5) is 0 Å². The number of unbranched alkanes of at least 4 members (excludes halogenated alkanes) is 7. The van der Waals surface area contributed by atoms with Crippen LogP contribution in [0.5, 0.6) is 5.75 Å². The van der Waals surface area contributed by atoms with Crippen molar-refractivity contribution < 1.29 is 31.0 Å². The van der Waals surface area contributed by atoms with Gasteiger partial charge >= 0.3 is 25.6 Å². The summed E-state index contributed by atoms with van der Waals surface area (Å²) < 4.78 is 22.9. The molecule has 0 aliphatic carbocycles. The summed E-state index contributed by atoms with van der Waals surface area (Å²) in [6.45, 7) is 7.11. The minimum atomic E-state index is -2.09. The fraction of sp³-hybridized carbons (Fsp3) is 0.739. The molecule has 0 saturated carbocycles. The molecule has 1 radical (unpaired) electrons. The average molecular weight is 448 g/mol. The third-order valence-corrected chi connectivity index (χ3v) is 5.85. The third-order valence-electron chi connectivity index (χ3n) is 5.13. The molecule has 0 fully saturated rings. The van der Waals surface area contributed by atoms with Crippen molar-refractivity contribution in [2.45, 2.75) is 97.8 Å². The number of hydrogen-bond donors (Lipinski definition) is 0. The quantitative estimate of drug-likeness (QED) is 0.178. The second-order valence-electron chi connectivity index (χ2n) is 7.54. The zero-order chi connectivity index (χ0) is 19.7. The van der Waals surface area contributed by atoms with Gasteiger partial charge in [-0.05, 0) is 42.9 Å². The van der Waals surface area contributed by atoms with Gasteiger partial charge in [-0.15, -0.1) is 4.52 Å². The van der Waals surface area contributed by atoms with E-state index in [4.69, 9.17) is 9.05 Å². The maximum Gasteiger partial charge on any atom is 3.00 e. The number of benzene rings is 1. The van der Waals surface area contributed by atoms with Crippen molar-refractivity contribution in [3.63, 3.8) is 0 Å². The van der Waals surface area contributed by atoms with E-state index in [1.165, 1.54) is 63.4 Å². The summed E-state index contributed by atoms with van der Waals surface area (Å²) in [5.41, 5.74) is 1.32. The molecule has 0 aliphatic rings. The van der Waals surface area contributed by atoms with Crippen molar-refractivity contribution in [3.05, 3.63) is 29.8 Å². The van der Waals surface area contributed by atoms with E-state index in [0.717, 1.165) is 19.3 Å². The summed E-state index contributed by atoms with van der Waals surface area (Å²) in [4.78, 5) is 0. The SMILES string of the molecule is CCCCCCCCCc1ccc(O[P+](=O)OCC(CC)CCCC)cc1.[Cr+3]. The fourth-order valence-corrected chi connectivity index (χ4v) is 3.86. The Balaban J connectivity index is 0.00000729. The first-order chi connectivity index (χ1) is 13.2. The van der Waals surface area contributed by atoms with Gasteiger partial charge in [0.05, 0.1) is 0 Å². The van der Waals surface area contributed by atoms with Gasteiger partial charge < -0.3 is 0 Å². The Labute approximate surface area is 185 Å². The smallest absolute Gasteiger partial charge is 0.229 e. The van der Waals surface area contributed by atoms with Gasteiger partial charge in [0.1, 0.15) is 6.61 Å². The Morgan fingerprint density at radius 2 is 1.46 bits per heavy atom. The van der Waals surface area contributed by atoms with Gasteiger partial charge in [0.15, 0.2) is 5.75 Å². The van der Waals surface area contributed by atoms with Gasteiger partial charge in [0.2, 0.25) is 0 Å². The normalized spacial score (nSPS) is 12.3. The molecule has 0 saturated heterocycles. The molecule has 1 aromatic carbocycles. The van der Waals surface area contributed by atoms with Crippen LogP contribution in [-0.4, -0.2) is 6.61 Å². The van der Waals surface area contributed by atoms with Gasteiger partial charge in [-0.1, -0.05) is 90.7 Å². The van der Waals surface area contributed by atoms with E-state index in [2.05, 4.69) is 32.9 Å². The van der Waals surface area contributed by atoms with Crippen molar-refractivity contribution in [2.75, 3.05) is 6.61 Å². The molecule has 0 amide bonds. The van der Waals surface area contributed by atoms with Crippen LogP contribution in [0, 0.1) is 5.92 Å². The largest absolute Gasteiger partial charge is 3.00 e. The summed E-state index contributed by atoms with van der Waals surface area (Å²) in [5.74, 6) is 1.10. The summed E-state index contributed by atoms with van der Waals surface area (Å²) in [6, 6.07) is 7.96. The van der Waals surface area contributed by atoms with Crippen LogP contribution >= 0.6 is 8.25 Å². The third kappa shape index (κ3) is 13.7. The predicted molar refractivity (Wildman–Crippen MR) is 116 cm³/mol. The van der Waals surface area contributed by atoms with E-state index in [1.54, 1.807) is 0 Å². The molecule has 5 heteroatoms. The monoisotopic (exact) mass is 447 g/mol. The zero-order valence-electron chi connectivity index (χ0n) is 18.2. The summed E-state index contributed by atoms with van der Waals surface area (Å²) in [5, 5.41) is 0. The maximum atomic E-state index is 12.0. The Bertz CT molecular complexity index is 493. The topological polar surface area (TPSA) is 35.5 Å². The van der Waals surface area contributed by atoms with Crippen molar-refractivity contribution >= 4 is 8.25 Å². The van der Waals surface area contributed by atoms with E-state index in [9.17, 15) is 4.57 Å². The van der Waals surface area contributed by atoms with E-state index < -0.39 is 8.25 Å². The Morgan fingerprint density at radius 3 is 2.07 bits per heavy atom. The molecule has 3 nitrogen and oxygen atoms in total. The molecule has 1 aromatic rings. The molecule has 0 spiro atoms. The first-order valence-corrected chi connectivity index (χ1v) is 12.2.